The first-order chi connectivity index (χ1) is 6.45. The van der Waals surface area contributed by atoms with Gasteiger partial charge in [0.2, 0.25) is 0 Å². The van der Waals surface area contributed by atoms with Crippen LogP contribution in [-0.2, 0) is 0 Å². The molecule has 0 atom stereocenters. The van der Waals surface area contributed by atoms with Gasteiger partial charge >= 0.3 is 0 Å². The molecule has 13 heavy (non-hydrogen) atoms. The molecule has 3 nitrogen and oxygen atoms in total. The van der Waals surface area contributed by atoms with Crippen molar-refractivity contribution in [2.75, 3.05) is 0 Å². The van der Waals surface area contributed by atoms with E-state index in [1.165, 1.54) is 0 Å². The third kappa shape index (κ3) is 0.839. The first-order valence-electron chi connectivity index (χ1n) is 4.14. The largest absolute Gasteiger partial charge is 0.159 e. The molecule has 3 rings (SSSR count). The van der Waals surface area contributed by atoms with Gasteiger partial charge in [-0.1, -0.05) is 18.2 Å². The van der Waals surface area contributed by atoms with E-state index in [-0.39, 0.29) is 0 Å². The van der Waals surface area contributed by atoms with E-state index in [1.807, 2.05) is 30.3 Å². The van der Waals surface area contributed by atoms with E-state index in [4.69, 9.17) is 0 Å². The van der Waals surface area contributed by atoms with Crippen molar-refractivity contribution >= 4 is 16.4 Å². The van der Waals surface area contributed by atoms with Gasteiger partial charge in [0.05, 0.1) is 11.0 Å². The lowest BCUT2D eigenvalue weighted by molar-refractivity contribution is 0.811. The van der Waals surface area contributed by atoms with Gasteiger partial charge in [0.25, 0.3) is 0 Å². The molecular weight excluding hydrogens is 162 g/mol. The van der Waals surface area contributed by atoms with Crippen LogP contribution in [0.15, 0.2) is 42.6 Å². The quantitative estimate of drug-likeness (QED) is 0.514. The van der Waals surface area contributed by atoms with Crippen molar-refractivity contribution in [2.24, 2.45) is 0 Å². The van der Waals surface area contributed by atoms with Gasteiger partial charge in [0.1, 0.15) is 0 Å². The molecule has 0 aliphatic rings. The van der Waals surface area contributed by atoms with Crippen molar-refractivity contribution in [1.29, 1.82) is 0 Å². The van der Waals surface area contributed by atoms with Crippen LogP contribution < -0.4 is 0 Å². The van der Waals surface area contributed by atoms with E-state index in [9.17, 15) is 0 Å². The predicted octanol–water partition coefficient (Wildman–Crippen LogP) is 1.88. The van der Waals surface area contributed by atoms with Crippen LogP contribution >= 0.6 is 0 Å². The molecule has 0 aliphatic heterocycles. The highest BCUT2D eigenvalue weighted by atomic mass is 15.4. The minimum atomic E-state index is 0.987. The van der Waals surface area contributed by atoms with Crippen LogP contribution in [0.5, 0.6) is 0 Å². The summed E-state index contributed by atoms with van der Waals surface area (Å²) >= 11 is 0. The third-order valence-corrected chi connectivity index (χ3v) is 2.11. The normalized spacial score (nSPS) is 11.1. The lowest BCUT2D eigenvalue weighted by atomic mass is 10.2. The zero-order valence-electron chi connectivity index (χ0n) is 6.88. The second-order valence-corrected chi connectivity index (χ2v) is 2.92. The molecule has 2 aromatic heterocycles. The number of benzene rings is 1. The van der Waals surface area contributed by atoms with Gasteiger partial charge in [-0.2, -0.15) is 9.73 Å². The number of fused-ring (bicyclic) bond motifs is 3. The van der Waals surface area contributed by atoms with Crippen molar-refractivity contribution in [1.82, 2.24) is 14.8 Å². The summed E-state index contributed by atoms with van der Waals surface area (Å²) in [5.74, 6) is 0. The molecule has 1 aromatic carbocycles. The summed E-state index contributed by atoms with van der Waals surface area (Å²) in [6.45, 7) is 0. The number of aromatic nitrogens is 3. The molecule has 0 spiro atoms. The van der Waals surface area contributed by atoms with Crippen LogP contribution in [-0.4, -0.2) is 14.8 Å². The smallest absolute Gasteiger partial charge is 0.0952 e. The SMILES string of the molecule is c1ccc2c(c1)nn1ncccc21. The Morgan fingerprint density at radius 1 is 1.00 bits per heavy atom. The Bertz CT molecular complexity index is 518. The van der Waals surface area contributed by atoms with Gasteiger partial charge in [-0.15, -0.1) is 5.10 Å². The van der Waals surface area contributed by atoms with Gasteiger partial charge in [-0.05, 0) is 18.2 Å². The van der Waals surface area contributed by atoms with Crippen molar-refractivity contribution in [3.63, 3.8) is 0 Å². The molecule has 2 heterocycles. The maximum absolute atomic E-state index is 4.32. The lowest BCUT2D eigenvalue weighted by Crippen LogP contribution is -1.89. The maximum atomic E-state index is 4.32. The van der Waals surface area contributed by atoms with E-state index in [1.54, 1.807) is 10.8 Å². The molecule has 3 heteroatoms. The van der Waals surface area contributed by atoms with E-state index in [2.05, 4.69) is 16.3 Å². The van der Waals surface area contributed by atoms with E-state index in [0.717, 1.165) is 16.4 Å². The number of hydrogen-bond acceptors (Lipinski definition) is 2. The van der Waals surface area contributed by atoms with Crippen LogP contribution in [0.2, 0.25) is 0 Å². The number of nitrogens with zero attached hydrogens (tertiary/aromatic N) is 3. The monoisotopic (exact) mass is 169 g/mol. The molecule has 3 aromatic rings. The topological polar surface area (TPSA) is 30.2 Å². The Morgan fingerprint density at radius 3 is 2.92 bits per heavy atom. The summed E-state index contributed by atoms with van der Waals surface area (Å²) < 4.78 is 1.66. The number of hydrogen-bond donors (Lipinski definition) is 0. The van der Waals surface area contributed by atoms with Crippen LogP contribution in [0.4, 0.5) is 0 Å². The first kappa shape index (κ1) is 6.60. The fourth-order valence-corrected chi connectivity index (χ4v) is 1.52. The predicted molar refractivity (Wildman–Crippen MR) is 50.5 cm³/mol. The van der Waals surface area contributed by atoms with Crippen molar-refractivity contribution in [2.45, 2.75) is 0 Å². The fourth-order valence-electron chi connectivity index (χ4n) is 1.52. The zero-order valence-corrected chi connectivity index (χ0v) is 6.88. The molecular formula is C10H7N3. The van der Waals surface area contributed by atoms with Crippen molar-refractivity contribution < 1.29 is 0 Å². The molecule has 0 bridgehead atoms. The second kappa shape index (κ2) is 2.29. The molecule has 0 saturated carbocycles. The summed E-state index contributed by atoms with van der Waals surface area (Å²) in [5.41, 5.74) is 2.04. The summed E-state index contributed by atoms with van der Waals surface area (Å²) in [6.07, 6.45) is 1.74. The maximum Gasteiger partial charge on any atom is 0.0952 e. The van der Waals surface area contributed by atoms with Gasteiger partial charge in [0, 0.05) is 11.6 Å². The molecule has 0 N–H and O–H groups in total. The summed E-state index contributed by atoms with van der Waals surface area (Å²) in [7, 11) is 0. The average Bonchev–Trinajstić information content (AvgIpc) is 2.56. The fraction of sp³-hybridized carbons (Fsp3) is 0. The first-order valence-corrected chi connectivity index (χ1v) is 4.14. The van der Waals surface area contributed by atoms with Crippen LogP contribution in [0.25, 0.3) is 16.4 Å². The Labute approximate surface area is 74.6 Å². The standard InChI is InChI=1S/C10H7N3/c1-2-5-9-8(4-1)10-6-3-7-11-13(10)12-9/h1-7H. The molecule has 0 aliphatic carbocycles. The summed E-state index contributed by atoms with van der Waals surface area (Å²) in [5, 5.41) is 9.59. The Morgan fingerprint density at radius 2 is 1.92 bits per heavy atom. The van der Waals surface area contributed by atoms with Gasteiger partial charge in [-0.3, -0.25) is 0 Å². The van der Waals surface area contributed by atoms with Gasteiger partial charge < -0.3 is 0 Å². The van der Waals surface area contributed by atoms with Gasteiger partial charge in [0.15, 0.2) is 0 Å². The molecule has 62 valence electrons. The lowest BCUT2D eigenvalue weighted by Gasteiger charge is -1.87. The molecule has 0 radical (unpaired) electrons. The molecule has 0 amide bonds. The second-order valence-electron chi connectivity index (χ2n) is 2.92. The highest BCUT2D eigenvalue weighted by Gasteiger charge is 2.01. The Kier molecular flexibility index (Phi) is 1.16. The molecule has 0 unspecified atom stereocenters. The van der Waals surface area contributed by atoms with Crippen molar-refractivity contribution in [3.05, 3.63) is 42.6 Å². The minimum absolute atomic E-state index is 0.987. The third-order valence-electron chi connectivity index (χ3n) is 2.11. The van der Waals surface area contributed by atoms with Crippen LogP contribution in [0.3, 0.4) is 0 Å². The Hall–Kier alpha value is -1.90. The minimum Gasteiger partial charge on any atom is -0.159 e. The highest BCUT2D eigenvalue weighted by molar-refractivity contribution is 5.93. The van der Waals surface area contributed by atoms with Crippen LogP contribution in [0, 0.1) is 0 Å². The zero-order chi connectivity index (χ0) is 8.67. The Balaban J connectivity index is 2.64. The summed E-state index contributed by atoms with van der Waals surface area (Å²) in [6, 6.07) is 12.0. The average molecular weight is 169 g/mol. The summed E-state index contributed by atoms with van der Waals surface area (Å²) in [4.78, 5) is 0. The van der Waals surface area contributed by atoms with E-state index in [0.29, 0.717) is 0 Å². The van der Waals surface area contributed by atoms with E-state index < -0.39 is 0 Å². The van der Waals surface area contributed by atoms with Crippen molar-refractivity contribution in [3.8, 4) is 0 Å². The van der Waals surface area contributed by atoms with Crippen LogP contribution in [0.1, 0.15) is 0 Å². The van der Waals surface area contributed by atoms with E-state index >= 15 is 0 Å². The molecule has 0 fully saturated rings. The molecule has 0 saturated heterocycles. The number of rotatable bonds is 0. The highest BCUT2D eigenvalue weighted by Crippen LogP contribution is 2.16. The van der Waals surface area contributed by atoms with Gasteiger partial charge in [-0.25, -0.2) is 0 Å².